The van der Waals surface area contributed by atoms with Crippen LogP contribution in [0.25, 0.3) is 0 Å². The van der Waals surface area contributed by atoms with Gasteiger partial charge in [-0.1, -0.05) is 18.9 Å². The minimum Gasteiger partial charge on any atom is -0.481 e. The van der Waals surface area contributed by atoms with Crippen molar-refractivity contribution in [3.05, 3.63) is 29.6 Å². The van der Waals surface area contributed by atoms with Crippen LogP contribution in [-0.2, 0) is 11.2 Å². The minimum atomic E-state index is -0.996. The number of rotatable bonds is 6. The third-order valence-corrected chi connectivity index (χ3v) is 3.83. The maximum atomic E-state index is 13.4. The first kappa shape index (κ1) is 13.8. The van der Waals surface area contributed by atoms with Crippen LogP contribution in [0, 0.1) is 17.2 Å². The van der Waals surface area contributed by atoms with E-state index in [9.17, 15) is 14.3 Å². The van der Waals surface area contributed by atoms with Gasteiger partial charge in [-0.05, 0) is 36.5 Å². The summed E-state index contributed by atoms with van der Waals surface area (Å²) in [4.78, 5) is 11.6. The van der Waals surface area contributed by atoms with Crippen LogP contribution in [0.4, 0.5) is 10.1 Å². The van der Waals surface area contributed by atoms with E-state index >= 15 is 0 Å². The average molecular weight is 266 g/mol. The molecule has 1 fully saturated rings. The lowest BCUT2D eigenvalue weighted by molar-refractivity contribution is -0.149. The third-order valence-electron chi connectivity index (χ3n) is 3.83. The first-order valence-electron chi connectivity index (χ1n) is 6.44. The van der Waals surface area contributed by atoms with Gasteiger partial charge in [0.2, 0.25) is 0 Å². The monoisotopic (exact) mass is 266 g/mol. The Balaban J connectivity index is 2.22. The fourth-order valence-electron chi connectivity index (χ4n) is 2.42. The lowest BCUT2D eigenvalue weighted by Crippen LogP contribution is -2.41. The van der Waals surface area contributed by atoms with Gasteiger partial charge in [0.15, 0.2) is 0 Å². The second kappa shape index (κ2) is 5.17. The zero-order valence-corrected chi connectivity index (χ0v) is 10.7. The van der Waals surface area contributed by atoms with Crippen molar-refractivity contribution in [1.29, 1.82) is 0 Å². The number of nitrogens with two attached hydrogens (primary N) is 2. The van der Waals surface area contributed by atoms with Crippen LogP contribution in [0.1, 0.15) is 24.8 Å². The molecule has 0 heterocycles. The molecule has 4 nitrogen and oxygen atoms in total. The molecular formula is C14H19FN2O2. The van der Waals surface area contributed by atoms with Gasteiger partial charge in [-0.25, -0.2) is 4.39 Å². The highest BCUT2D eigenvalue weighted by molar-refractivity contribution is 5.75. The molecule has 0 amide bonds. The number of aliphatic carboxylic acids is 1. The standard InChI is InChI=1S/C14H19FN2O2/c15-11-5-10(3-4-12(11)17)7-14(8-16,13(18)19)6-9-1-2-9/h3-5,9H,1-2,6-8,16-17H2,(H,18,19). The van der Waals surface area contributed by atoms with Crippen LogP contribution in [0.2, 0.25) is 0 Å². The van der Waals surface area contributed by atoms with Gasteiger partial charge in [-0.3, -0.25) is 4.79 Å². The smallest absolute Gasteiger partial charge is 0.311 e. The van der Waals surface area contributed by atoms with Gasteiger partial charge < -0.3 is 16.6 Å². The number of anilines is 1. The van der Waals surface area contributed by atoms with Gasteiger partial charge in [0, 0.05) is 6.54 Å². The quantitative estimate of drug-likeness (QED) is 0.685. The highest BCUT2D eigenvalue weighted by Crippen LogP contribution is 2.42. The predicted octanol–water partition coefficient (Wildman–Crippen LogP) is 1.78. The zero-order chi connectivity index (χ0) is 14.0. The predicted molar refractivity (Wildman–Crippen MR) is 71.0 cm³/mol. The first-order valence-corrected chi connectivity index (χ1v) is 6.44. The molecule has 1 unspecified atom stereocenters. The maximum Gasteiger partial charge on any atom is 0.311 e. The van der Waals surface area contributed by atoms with E-state index in [4.69, 9.17) is 11.5 Å². The summed E-state index contributed by atoms with van der Waals surface area (Å²) >= 11 is 0. The van der Waals surface area contributed by atoms with Crippen LogP contribution >= 0.6 is 0 Å². The van der Waals surface area contributed by atoms with Crippen molar-refractivity contribution in [1.82, 2.24) is 0 Å². The second-order valence-corrected chi connectivity index (χ2v) is 5.47. The van der Waals surface area contributed by atoms with E-state index in [1.165, 1.54) is 12.1 Å². The molecule has 1 saturated carbocycles. The molecular weight excluding hydrogens is 247 g/mol. The van der Waals surface area contributed by atoms with Gasteiger partial charge in [0.05, 0.1) is 11.1 Å². The Morgan fingerprint density at radius 1 is 1.47 bits per heavy atom. The number of halogens is 1. The fourth-order valence-corrected chi connectivity index (χ4v) is 2.42. The maximum absolute atomic E-state index is 13.4. The van der Waals surface area contributed by atoms with E-state index < -0.39 is 17.2 Å². The van der Waals surface area contributed by atoms with E-state index in [2.05, 4.69) is 0 Å². The molecule has 5 heteroatoms. The number of hydrogen-bond donors (Lipinski definition) is 3. The summed E-state index contributed by atoms with van der Waals surface area (Å²) in [5.41, 5.74) is 10.8. The van der Waals surface area contributed by atoms with Crippen molar-refractivity contribution in [2.45, 2.75) is 25.7 Å². The largest absolute Gasteiger partial charge is 0.481 e. The number of nitrogen functional groups attached to an aromatic ring is 1. The average Bonchev–Trinajstić information content (AvgIpc) is 3.16. The topological polar surface area (TPSA) is 89.3 Å². The molecule has 0 saturated heterocycles. The Morgan fingerprint density at radius 2 is 2.16 bits per heavy atom. The molecule has 5 N–H and O–H groups in total. The molecule has 0 bridgehead atoms. The third kappa shape index (κ3) is 3.04. The summed E-state index contributed by atoms with van der Waals surface area (Å²) < 4.78 is 13.4. The van der Waals surface area contributed by atoms with Crippen molar-refractivity contribution < 1.29 is 14.3 Å². The summed E-state index contributed by atoms with van der Waals surface area (Å²) in [6, 6.07) is 4.43. The van der Waals surface area contributed by atoms with Crippen molar-refractivity contribution >= 4 is 11.7 Å². The second-order valence-electron chi connectivity index (χ2n) is 5.47. The first-order chi connectivity index (χ1) is 8.97. The fraction of sp³-hybridized carbons (Fsp3) is 0.500. The van der Waals surface area contributed by atoms with E-state index in [-0.39, 0.29) is 18.7 Å². The molecule has 1 atom stereocenters. The van der Waals surface area contributed by atoms with Gasteiger partial charge in [0.1, 0.15) is 5.82 Å². The van der Waals surface area contributed by atoms with Crippen LogP contribution in [0.15, 0.2) is 18.2 Å². The van der Waals surface area contributed by atoms with Gasteiger partial charge >= 0.3 is 5.97 Å². The molecule has 19 heavy (non-hydrogen) atoms. The van der Waals surface area contributed by atoms with Crippen LogP contribution in [-0.4, -0.2) is 17.6 Å². The summed E-state index contributed by atoms with van der Waals surface area (Å²) in [5, 5.41) is 9.49. The van der Waals surface area contributed by atoms with Crippen molar-refractivity contribution in [3.8, 4) is 0 Å². The summed E-state index contributed by atoms with van der Waals surface area (Å²) in [6.07, 6.45) is 2.92. The summed E-state index contributed by atoms with van der Waals surface area (Å²) in [7, 11) is 0. The molecule has 0 aliphatic heterocycles. The van der Waals surface area contributed by atoms with E-state index in [1.807, 2.05) is 0 Å². The number of benzene rings is 1. The van der Waals surface area contributed by atoms with E-state index in [1.54, 1.807) is 6.07 Å². The van der Waals surface area contributed by atoms with Gasteiger partial charge in [-0.2, -0.15) is 0 Å². The molecule has 0 aromatic heterocycles. The molecule has 2 rings (SSSR count). The van der Waals surface area contributed by atoms with Crippen LogP contribution in [0.3, 0.4) is 0 Å². The molecule has 1 aliphatic rings. The number of carboxylic acids is 1. The van der Waals surface area contributed by atoms with E-state index in [0.717, 1.165) is 12.8 Å². The SMILES string of the molecule is NCC(Cc1ccc(N)c(F)c1)(CC1CC1)C(=O)O. The Morgan fingerprint density at radius 3 is 2.63 bits per heavy atom. The van der Waals surface area contributed by atoms with E-state index in [0.29, 0.717) is 17.9 Å². The molecule has 1 aliphatic carbocycles. The van der Waals surface area contributed by atoms with Gasteiger partial charge in [-0.15, -0.1) is 0 Å². The zero-order valence-electron chi connectivity index (χ0n) is 10.7. The van der Waals surface area contributed by atoms with Crippen molar-refractivity contribution in [3.63, 3.8) is 0 Å². The lowest BCUT2D eigenvalue weighted by Gasteiger charge is -2.28. The summed E-state index contributed by atoms with van der Waals surface area (Å²) in [5.74, 6) is -0.974. The highest BCUT2D eigenvalue weighted by atomic mass is 19.1. The number of carboxylic acid groups (broad SMARTS) is 1. The molecule has 1 aromatic rings. The Hall–Kier alpha value is -1.62. The summed E-state index contributed by atoms with van der Waals surface area (Å²) in [6.45, 7) is 0.0603. The normalized spacial score (nSPS) is 18.0. The Kier molecular flexibility index (Phi) is 3.75. The number of carbonyl (C=O) groups is 1. The van der Waals surface area contributed by atoms with Gasteiger partial charge in [0.25, 0.3) is 0 Å². The van der Waals surface area contributed by atoms with Crippen LogP contribution in [0.5, 0.6) is 0 Å². The Bertz CT molecular complexity index is 488. The van der Waals surface area contributed by atoms with Crippen molar-refractivity contribution in [2.75, 3.05) is 12.3 Å². The minimum absolute atomic E-state index is 0.0603. The van der Waals surface area contributed by atoms with Crippen LogP contribution < -0.4 is 11.5 Å². The molecule has 0 radical (unpaired) electrons. The highest BCUT2D eigenvalue weighted by Gasteiger charge is 2.42. The molecule has 1 aromatic carbocycles. The molecule has 0 spiro atoms. The molecule has 104 valence electrons. The lowest BCUT2D eigenvalue weighted by atomic mass is 9.77. The Labute approximate surface area is 111 Å². The number of hydrogen-bond acceptors (Lipinski definition) is 3. The van der Waals surface area contributed by atoms with Crippen molar-refractivity contribution in [2.24, 2.45) is 17.1 Å².